The molecule has 1 aromatic rings. The summed E-state index contributed by atoms with van der Waals surface area (Å²) < 4.78 is 39.9. The summed E-state index contributed by atoms with van der Waals surface area (Å²) in [6.07, 6.45) is -4.18. The van der Waals surface area contributed by atoms with Gasteiger partial charge in [0.25, 0.3) is 0 Å². The largest absolute Gasteiger partial charge is 0.573 e. The lowest BCUT2D eigenvalue weighted by molar-refractivity contribution is -0.274. The van der Waals surface area contributed by atoms with Crippen LogP contribution >= 0.6 is 0 Å². The average Bonchev–Trinajstić information content (AvgIpc) is 3.18. The molecule has 0 unspecified atom stereocenters. The molecule has 1 fully saturated rings. The first-order valence-electron chi connectivity index (χ1n) is 6.54. The number of amides is 1. The standard InChI is InChI=1S/C14H14F3NO4/c1-8(18-11(19)13(6-7-13)12(20)21)9-2-4-10(5-3-9)22-14(15,16)17/h2-5,8H,6-7H2,1H3,(H,18,19)(H,20,21)/t8-/m0/s1. The van der Waals surface area contributed by atoms with Crippen LogP contribution in [0.25, 0.3) is 0 Å². The molecule has 0 spiro atoms. The van der Waals surface area contributed by atoms with E-state index in [9.17, 15) is 22.8 Å². The number of halogens is 3. The van der Waals surface area contributed by atoms with Crippen LogP contribution < -0.4 is 10.1 Å². The molecule has 0 saturated heterocycles. The van der Waals surface area contributed by atoms with Gasteiger partial charge in [-0.05, 0) is 37.5 Å². The second kappa shape index (κ2) is 5.51. The van der Waals surface area contributed by atoms with Crippen molar-refractivity contribution in [2.45, 2.75) is 32.2 Å². The molecule has 120 valence electrons. The van der Waals surface area contributed by atoms with Crippen LogP contribution in [0.2, 0.25) is 0 Å². The highest BCUT2D eigenvalue weighted by molar-refractivity contribution is 6.04. The Labute approximate surface area is 124 Å². The van der Waals surface area contributed by atoms with E-state index in [2.05, 4.69) is 10.1 Å². The summed E-state index contributed by atoms with van der Waals surface area (Å²) in [6.45, 7) is 1.62. The van der Waals surface area contributed by atoms with Crippen molar-refractivity contribution >= 4 is 11.9 Å². The number of hydrogen-bond acceptors (Lipinski definition) is 3. The van der Waals surface area contributed by atoms with E-state index < -0.39 is 29.7 Å². The van der Waals surface area contributed by atoms with Crippen molar-refractivity contribution in [3.63, 3.8) is 0 Å². The van der Waals surface area contributed by atoms with Crippen LogP contribution in [0.5, 0.6) is 5.75 Å². The first-order valence-corrected chi connectivity index (χ1v) is 6.54. The van der Waals surface area contributed by atoms with Crippen LogP contribution in [0.15, 0.2) is 24.3 Å². The highest BCUT2D eigenvalue weighted by Gasteiger charge is 2.57. The quantitative estimate of drug-likeness (QED) is 0.819. The van der Waals surface area contributed by atoms with Crippen molar-refractivity contribution in [3.05, 3.63) is 29.8 Å². The second-order valence-electron chi connectivity index (χ2n) is 5.20. The number of carboxylic acids is 1. The van der Waals surface area contributed by atoms with Crippen LogP contribution in [-0.2, 0) is 9.59 Å². The van der Waals surface area contributed by atoms with Crippen molar-refractivity contribution in [2.24, 2.45) is 5.41 Å². The summed E-state index contributed by atoms with van der Waals surface area (Å²) in [6, 6.07) is 4.51. The molecule has 0 bridgehead atoms. The number of carbonyl (C=O) groups is 2. The Hall–Kier alpha value is -2.25. The minimum Gasteiger partial charge on any atom is -0.480 e. The van der Waals surface area contributed by atoms with Gasteiger partial charge in [-0.1, -0.05) is 12.1 Å². The van der Waals surface area contributed by atoms with Crippen molar-refractivity contribution in [3.8, 4) is 5.75 Å². The number of carboxylic acid groups (broad SMARTS) is 1. The van der Waals surface area contributed by atoms with Gasteiger partial charge < -0.3 is 15.2 Å². The maximum atomic E-state index is 12.1. The average molecular weight is 317 g/mol. The molecule has 1 saturated carbocycles. The van der Waals surface area contributed by atoms with Gasteiger partial charge in [0.15, 0.2) is 0 Å². The minimum atomic E-state index is -4.76. The van der Waals surface area contributed by atoms with Crippen LogP contribution in [0.4, 0.5) is 13.2 Å². The van der Waals surface area contributed by atoms with Crippen LogP contribution in [0.3, 0.4) is 0 Å². The number of ether oxygens (including phenoxy) is 1. The Bertz CT molecular complexity index is 579. The summed E-state index contributed by atoms with van der Waals surface area (Å²) in [5, 5.41) is 11.6. The number of benzene rings is 1. The van der Waals surface area contributed by atoms with E-state index in [1.807, 2.05) is 0 Å². The molecule has 2 N–H and O–H groups in total. The van der Waals surface area contributed by atoms with Gasteiger partial charge in [-0.25, -0.2) is 0 Å². The smallest absolute Gasteiger partial charge is 0.480 e. The van der Waals surface area contributed by atoms with Gasteiger partial charge in [-0.15, -0.1) is 13.2 Å². The highest BCUT2D eigenvalue weighted by Crippen LogP contribution is 2.46. The van der Waals surface area contributed by atoms with Crippen LogP contribution in [0, 0.1) is 5.41 Å². The van der Waals surface area contributed by atoms with E-state index >= 15 is 0 Å². The van der Waals surface area contributed by atoms with Gasteiger partial charge in [0.2, 0.25) is 5.91 Å². The third-order valence-corrected chi connectivity index (χ3v) is 3.56. The zero-order valence-electron chi connectivity index (χ0n) is 11.6. The zero-order valence-corrected chi connectivity index (χ0v) is 11.6. The predicted octanol–water partition coefficient (Wildman–Crippen LogP) is 2.63. The fourth-order valence-electron chi connectivity index (χ4n) is 2.04. The molecule has 0 heterocycles. The monoisotopic (exact) mass is 317 g/mol. The summed E-state index contributed by atoms with van der Waals surface area (Å²) in [4.78, 5) is 23.0. The first-order chi connectivity index (χ1) is 10.1. The number of alkyl halides is 3. The summed E-state index contributed by atoms with van der Waals surface area (Å²) in [5.74, 6) is -2.10. The minimum absolute atomic E-state index is 0.291. The van der Waals surface area contributed by atoms with Crippen molar-refractivity contribution in [1.82, 2.24) is 5.32 Å². The van der Waals surface area contributed by atoms with Gasteiger partial charge >= 0.3 is 12.3 Å². The maximum Gasteiger partial charge on any atom is 0.573 e. The summed E-state index contributed by atoms with van der Waals surface area (Å²) in [7, 11) is 0. The molecular weight excluding hydrogens is 303 g/mol. The number of hydrogen-bond donors (Lipinski definition) is 2. The van der Waals surface area contributed by atoms with E-state index in [4.69, 9.17) is 5.11 Å². The van der Waals surface area contributed by atoms with Crippen LogP contribution in [-0.4, -0.2) is 23.3 Å². The van der Waals surface area contributed by atoms with Gasteiger partial charge in [0, 0.05) is 0 Å². The topological polar surface area (TPSA) is 75.6 Å². The number of aliphatic carboxylic acids is 1. The lowest BCUT2D eigenvalue weighted by Gasteiger charge is -2.18. The van der Waals surface area contributed by atoms with E-state index in [1.165, 1.54) is 12.1 Å². The molecule has 0 radical (unpaired) electrons. The summed E-state index contributed by atoms with van der Waals surface area (Å²) in [5.41, 5.74) is -0.808. The van der Waals surface area contributed by atoms with Gasteiger partial charge in [0.05, 0.1) is 6.04 Å². The van der Waals surface area contributed by atoms with Gasteiger partial charge in [-0.3, -0.25) is 9.59 Å². The molecule has 5 nitrogen and oxygen atoms in total. The molecular formula is C14H14F3NO4. The normalized spacial score (nSPS) is 17.5. The van der Waals surface area contributed by atoms with Crippen LogP contribution in [0.1, 0.15) is 31.4 Å². The zero-order chi connectivity index (χ0) is 16.5. The number of rotatable bonds is 5. The number of nitrogens with one attached hydrogen (secondary N) is 1. The second-order valence-corrected chi connectivity index (χ2v) is 5.20. The molecule has 1 amide bonds. The Morgan fingerprint density at radius 2 is 1.82 bits per heavy atom. The van der Waals surface area contributed by atoms with Gasteiger partial charge in [-0.2, -0.15) is 0 Å². The third kappa shape index (κ3) is 3.49. The van der Waals surface area contributed by atoms with E-state index in [0.717, 1.165) is 12.1 Å². The molecule has 1 aromatic carbocycles. The van der Waals surface area contributed by atoms with E-state index in [1.54, 1.807) is 6.92 Å². The molecule has 2 rings (SSSR count). The fourth-order valence-corrected chi connectivity index (χ4v) is 2.04. The summed E-state index contributed by atoms with van der Waals surface area (Å²) >= 11 is 0. The molecule has 1 aliphatic carbocycles. The fraction of sp³-hybridized carbons (Fsp3) is 0.429. The van der Waals surface area contributed by atoms with Crippen molar-refractivity contribution in [1.29, 1.82) is 0 Å². The molecule has 0 aliphatic heterocycles. The predicted molar refractivity (Wildman–Crippen MR) is 69.0 cm³/mol. The Morgan fingerprint density at radius 1 is 1.27 bits per heavy atom. The maximum absolute atomic E-state index is 12.1. The Balaban J connectivity index is 2.00. The van der Waals surface area contributed by atoms with E-state index in [-0.39, 0.29) is 5.75 Å². The Kier molecular flexibility index (Phi) is 4.04. The van der Waals surface area contributed by atoms with Crippen molar-refractivity contribution < 1.29 is 32.6 Å². The molecule has 8 heteroatoms. The molecule has 0 aromatic heterocycles. The molecule has 1 aliphatic rings. The first kappa shape index (κ1) is 16.1. The third-order valence-electron chi connectivity index (χ3n) is 3.56. The Morgan fingerprint density at radius 3 is 2.23 bits per heavy atom. The van der Waals surface area contributed by atoms with E-state index in [0.29, 0.717) is 18.4 Å². The SMILES string of the molecule is C[C@H](NC(=O)C1(C(=O)O)CC1)c1ccc(OC(F)(F)F)cc1. The molecule has 22 heavy (non-hydrogen) atoms. The highest BCUT2D eigenvalue weighted by atomic mass is 19.4. The van der Waals surface area contributed by atoms with Gasteiger partial charge in [0.1, 0.15) is 11.2 Å². The molecule has 1 atom stereocenters. The number of carbonyl (C=O) groups excluding carboxylic acids is 1. The lowest BCUT2D eigenvalue weighted by atomic mass is 10.0. The van der Waals surface area contributed by atoms with Crippen molar-refractivity contribution in [2.75, 3.05) is 0 Å². The lowest BCUT2D eigenvalue weighted by Crippen LogP contribution is -2.38.